The van der Waals surface area contributed by atoms with E-state index in [9.17, 15) is 22.8 Å². The molecule has 0 saturated heterocycles. The van der Waals surface area contributed by atoms with Crippen molar-refractivity contribution in [1.29, 1.82) is 0 Å². The highest BCUT2D eigenvalue weighted by molar-refractivity contribution is 6.32. The van der Waals surface area contributed by atoms with Crippen LogP contribution in [-0.4, -0.2) is 32.0 Å². The Morgan fingerprint density at radius 2 is 1.80 bits per heavy atom. The number of halogens is 4. The Labute approximate surface area is 172 Å². The molecule has 0 saturated carbocycles. The van der Waals surface area contributed by atoms with Crippen molar-refractivity contribution in [3.63, 3.8) is 0 Å². The van der Waals surface area contributed by atoms with E-state index in [0.29, 0.717) is 5.69 Å². The molecule has 0 spiro atoms. The Morgan fingerprint density at radius 1 is 1.07 bits per heavy atom. The number of amides is 2. The summed E-state index contributed by atoms with van der Waals surface area (Å²) < 4.78 is 39.7. The molecule has 0 aliphatic carbocycles. The predicted molar refractivity (Wildman–Crippen MR) is 100 cm³/mol. The number of rotatable bonds is 4. The van der Waals surface area contributed by atoms with Gasteiger partial charge in [-0.05, 0) is 64.5 Å². The lowest BCUT2D eigenvalue weighted by Gasteiger charge is -2.08. The van der Waals surface area contributed by atoms with Crippen LogP contribution in [0.3, 0.4) is 0 Å². The number of nitrogens with one attached hydrogen (secondary N) is 2. The maximum absolute atomic E-state index is 12.8. The van der Waals surface area contributed by atoms with E-state index >= 15 is 0 Å². The number of hydrazine groups is 1. The Hall–Kier alpha value is -3.73. The Bertz CT molecular complexity index is 1080. The van der Waals surface area contributed by atoms with Crippen LogP contribution in [0.2, 0.25) is 5.02 Å². The second-order valence-electron chi connectivity index (χ2n) is 5.81. The topological polar surface area (TPSA) is 102 Å². The molecule has 1 aromatic heterocycles. The van der Waals surface area contributed by atoms with E-state index in [-0.39, 0.29) is 16.1 Å². The molecular weight excluding hydrogens is 425 g/mol. The molecule has 0 aliphatic heterocycles. The smallest absolute Gasteiger partial charge is 0.268 e. The van der Waals surface area contributed by atoms with Crippen LogP contribution in [0.15, 0.2) is 54.9 Å². The van der Waals surface area contributed by atoms with Gasteiger partial charge in [0.1, 0.15) is 6.33 Å². The summed E-state index contributed by atoms with van der Waals surface area (Å²) in [5.74, 6) is -1.36. The first-order chi connectivity index (χ1) is 14.2. The van der Waals surface area contributed by atoms with Crippen LogP contribution in [0.4, 0.5) is 13.2 Å². The van der Waals surface area contributed by atoms with Gasteiger partial charge in [-0.2, -0.15) is 13.2 Å². The van der Waals surface area contributed by atoms with E-state index in [2.05, 4.69) is 26.4 Å². The van der Waals surface area contributed by atoms with E-state index in [1.165, 1.54) is 23.1 Å². The second-order valence-corrected chi connectivity index (χ2v) is 6.22. The summed E-state index contributed by atoms with van der Waals surface area (Å²) in [5, 5.41) is 10.8. The number of hydrogen-bond donors (Lipinski definition) is 2. The number of hydrogen-bond acceptors (Lipinski definition) is 5. The zero-order valence-corrected chi connectivity index (χ0v) is 15.6. The van der Waals surface area contributed by atoms with Gasteiger partial charge < -0.3 is 0 Å². The molecule has 2 N–H and O–H groups in total. The van der Waals surface area contributed by atoms with Gasteiger partial charge in [-0.25, -0.2) is 4.68 Å². The lowest BCUT2D eigenvalue weighted by Crippen LogP contribution is -2.40. The van der Waals surface area contributed by atoms with Crippen molar-refractivity contribution < 1.29 is 22.8 Å². The van der Waals surface area contributed by atoms with Crippen LogP contribution in [0.1, 0.15) is 21.5 Å². The fourth-order valence-electron chi connectivity index (χ4n) is 2.29. The second kappa shape index (κ2) is 8.74. The van der Waals surface area contributed by atoms with Gasteiger partial charge in [-0.15, -0.1) is 5.10 Å². The van der Waals surface area contributed by atoms with Crippen LogP contribution in [0.25, 0.3) is 11.8 Å². The van der Waals surface area contributed by atoms with E-state index in [4.69, 9.17) is 11.6 Å². The molecular formula is C18H12ClF3N6O2. The van der Waals surface area contributed by atoms with Gasteiger partial charge in [0, 0.05) is 16.7 Å². The Kier molecular flexibility index (Phi) is 6.11. The van der Waals surface area contributed by atoms with Gasteiger partial charge in [0.25, 0.3) is 11.8 Å². The van der Waals surface area contributed by atoms with Gasteiger partial charge in [-0.3, -0.25) is 20.4 Å². The van der Waals surface area contributed by atoms with Crippen molar-refractivity contribution in [1.82, 2.24) is 31.1 Å². The van der Waals surface area contributed by atoms with Gasteiger partial charge in [0.15, 0.2) is 0 Å². The van der Waals surface area contributed by atoms with E-state index in [1.54, 1.807) is 12.1 Å². The molecule has 30 heavy (non-hydrogen) atoms. The number of carbonyl (C=O) groups is 2. The molecule has 0 atom stereocenters. The highest BCUT2D eigenvalue weighted by Gasteiger charge is 2.30. The molecule has 2 aromatic carbocycles. The van der Waals surface area contributed by atoms with Crippen LogP contribution in [0.5, 0.6) is 0 Å². The molecule has 0 bridgehead atoms. The fourth-order valence-corrected chi connectivity index (χ4v) is 2.47. The quantitative estimate of drug-likeness (QED) is 0.483. The zero-order chi connectivity index (χ0) is 21.7. The molecule has 0 unspecified atom stereocenters. The van der Waals surface area contributed by atoms with E-state index in [0.717, 1.165) is 30.4 Å². The third-order valence-electron chi connectivity index (χ3n) is 3.78. The maximum Gasteiger partial charge on any atom is 0.416 e. The van der Waals surface area contributed by atoms with Crippen LogP contribution in [0, 0.1) is 0 Å². The van der Waals surface area contributed by atoms with Crippen molar-refractivity contribution in [3.05, 3.63) is 76.6 Å². The molecule has 0 fully saturated rings. The summed E-state index contributed by atoms with van der Waals surface area (Å²) in [6, 6.07) is 8.93. The highest BCUT2D eigenvalue weighted by atomic mass is 35.5. The molecule has 12 heteroatoms. The number of alkyl halides is 3. The summed E-state index contributed by atoms with van der Waals surface area (Å²) in [5.41, 5.74) is 4.30. The summed E-state index contributed by atoms with van der Waals surface area (Å²) in [7, 11) is 0. The van der Waals surface area contributed by atoms with Crippen molar-refractivity contribution in [2.75, 3.05) is 0 Å². The Balaban J connectivity index is 1.58. The molecule has 8 nitrogen and oxygen atoms in total. The number of nitrogens with zero attached hydrogens (tertiary/aromatic N) is 4. The average Bonchev–Trinajstić information content (AvgIpc) is 3.25. The minimum Gasteiger partial charge on any atom is -0.268 e. The molecule has 0 aliphatic rings. The van der Waals surface area contributed by atoms with Gasteiger partial charge in [0.2, 0.25) is 0 Å². The normalized spacial score (nSPS) is 11.5. The summed E-state index contributed by atoms with van der Waals surface area (Å²) >= 11 is 5.85. The van der Waals surface area contributed by atoms with Crippen LogP contribution >= 0.6 is 11.6 Å². The first-order valence-corrected chi connectivity index (χ1v) is 8.60. The summed E-state index contributed by atoms with van der Waals surface area (Å²) in [4.78, 5) is 23.9. The fraction of sp³-hybridized carbons (Fsp3) is 0.0556. The first-order valence-electron chi connectivity index (χ1n) is 8.22. The third kappa shape index (κ3) is 5.20. The summed E-state index contributed by atoms with van der Waals surface area (Å²) in [6.07, 6.45) is -1.09. The molecule has 3 aromatic rings. The maximum atomic E-state index is 12.8. The number of benzene rings is 2. The molecule has 3 rings (SSSR count). The van der Waals surface area contributed by atoms with Crippen molar-refractivity contribution in [3.8, 4) is 5.69 Å². The lowest BCUT2D eigenvalue weighted by molar-refractivity contribution is -0.137. The first kappa shape index (κ1) is 21.0. The third-order valence-corrected chi connectivity index (χ3v) is 4.12. The van der Waals surface area contributed by atoms with Crippen molar-refractivity contribution in [2.45, 2.75) is 6.18 Å². The lowest BCUT2D eigenvalue weighted by atomic mass is 10.1. The molecule has 0 radical (unpaired) electrons. The number of tetrazole rings is 1. The van der Waals surface area contributed by atoms with Crippen molar-refractivity contribution >= 4 is 29.5 Å². The highest BCUT2D eigenvalue weighted by Crippen LogP contribution is 2.32. The average molecular weight is 437 g/mol. The van der Waals surface area contributed by atoms with Crippen LogP contribution < -0.4 is 10.9 Å². The number of aromatic nitrogens is 4. The van der Waals surface area contributed by atoms with Crippen LogP contribution in [-0.2, 0) is 11.0 Å². The molecule has 154 valence electrons. The zero-order valence-electron chi connectivity index (χ0n) is 14.9. The SMILES string of the molecule is O=C(/C=C/c1cc(C(F)(F)F)ccc1Cl)NNC(=O)c1ccc(-n2cnnn2)cc1. The predicted octanol–water partition coefficient (Wildman–Crippen LogP) is 2.81. The van der Waals surface area contributed by atoms with Gasteiger partial charge >= 0.3 is 6.18 Å². The minimum absolute atomic E-state index is 0.00570. The monoisotopic (exact) mass is 436 g/mol. The minimum atomic E-state index is -4.54. The largest absolute Gasteiger partial charge is 0.416 e. The van der Waals surface area contributed by atoms with E-state index in [1.807, 2.05) is 0 Å². The number of carbonyl (C=O) groups excluding carboxylic acids is 2. The van der Waals surface area contributed by atoms with E-state index < -0.39 is 23.6 Å². The Morgan fingerprint density at radius 3 is 2.43 bits per heavy atom. The standard InChI is InChI=1S/C18H12ClF3N6O2/c19-15-7-4-13(18(20,21)22)9-12(15)3-8-16(29)24-25-17(30)11-1-5-14(6-2-11)28-10-23-26-27-28/h1-10H,(H,24,29)(H,25,30)/b8-3+. The van der Waals surface area contributed by atoms with Gasteiger partial charge in [0.05, 0.1) is 11.3 Å². The van der Waals surface area contributed by atoms with Crippen molar-refractivity contribution in [2.24, 2.45) is 0 Å². The molecule has 2 amide bonds. The summed E-state index contributed by atoms with van der Waals surface area (Å²) in [6.45, 7) is 0. The van der Waals surface area contributed by atoms with Gasteiger partial charge in [-0.1, -0.05) is 11.6 Å². The molecule has 1 heterocycles.